The lowest BCUT2D eigenvalue weighted by Crippen LogP contribution is -2.38. The summed E-state index contributed by atoms with van der Waals surface area (Å²) in [5, 5.41) is 8.37. The van der Waals surface area contributed by atoms with Crippen molar-refractivity contribution < 1.29 is 9.59 Å². The Hall–Kier alpha value is -3.90. The number of nitrogens with zero attached hydrogens (tertiary/aromatic N) is 3. The molecule has 0 spiro atoms. The highest BCUT2D eigenvalue weighted by atomic mass is 35.5. The first kappa shape index (κ1) is 24.2. The molecule has 1 N–H and O–H groups in total. The number of rotatable bonds is 7. The maximum Gasteiger partial charge on any atom is 0.254 e. The summed E-state index contributed by atoms with van der Waals surface area (Å²) in [5.74, 6) is 0.0373. The molecule has 2 amide bonds. The van der Waals surface area contributed by atoms with Crippen LogP contribution in [-0.4, -0.2) is 39.6 Å². The molecule has 3 aromatic carbocycles. The molecule has 35 heavy (non-hydrogen) atoms. The number of carbonyl (C=O) groups is 2. The van der Waals surface area contributed by atoms with Gasteiger partial charge in [0.15, 0.2) is 0 Å². The monoisotopic (exact) mass is 486 g/mol. The van der Waals surface area contributed by atoms with Gasteiger partial charge >= 0.3 is 0 Å². The number of halogens is 1. The molecule has 1 heterocycles. The van der Waals surface area contributed by atoms with Gasteiger partial charge in [0.2, 0.25) is 5.91 Å². The lowest BCUT2D eigenvalue weighted by Gasteiger charge is -2.21. The van der Waals surface area contributed by atoms with Crippen LogP contribution in [0.4, 0.5) is 5.82 Å². The number of carbonyl (C=O) groups excluding carboxylic acids is 2. The molecule has 0 bridgehead atoms. The maximum atomic E-state index is 13.3. The Bertz CT molecular complexity index is 1350. The Labute approximate surface area is 210 Å². The summed E-state index contributed by atoms with van der Waals surface area (Å²) in [7, 11) is 0. The van der Waals surface area contributed by atoms with Crippen molar-refractivity contribution in [2.75, 3.05) is 18.4 Å². The number of aryl methyl sites for hydroxylation is 2. The van der Waals surface area contributed by atoms with Gasteiger partial charge < -0.3 is 10.2 Å². The van der Waals surface area contributed by atoms with E-state index in [0.29, 0.717) is 22.9 Å². The molecule has 0 unspecified atom stereocenters. The maximum absolute atomic E-state index is 13.3. The van der Waals surface area contributed by atoms with E-state index < -0.39 is 0 Å². The van der Waals surface area contributed by atoms with Gasteiger partial charge in [-0.15, -0.1) is 0 Å². The molecule has 0 aliphatic carbocycles. The Kier molecular flexibility index (Phi) is 7.32. The topological polar surface area (TPSA) is 67.2 Å². The highest BCUT2D eigenvalue weighted by Gasteiger charge is 2.23. The summed E-state index contributed by atoms with van der Waals surface area (Å²) in [5.41, 5.74) is 4.96. The number of amides is 2. The van der Waals surface area contributed by atoms with E-state index >= 15 is 0 Å². The van der Waals surface area contributed by atoms with Crippen molar-refractivity contribution in [3.8, 4) is 16.8 Å². The number of aromatic nitrogens is 2. The van der Waals surface area contributed by atoms with Gasteiger partial charge in [-0.25, -0.2) is 4.68 Å². The molecule has 6 nitrogen and oxygen atoms in total. The molecular weight excluding hydrogens is 460 g/mol. The number of benzene rings is 3. The van der Waals surface area contributed by atoms with Crippen LogP contribution >= 0.6 is 11.6 Å². The van der Waals surface area contributed by atoms with Gasteiger partial charge in [-0.2, -0.15) is 5.10 Å². The molecule has 0 radical (unpaired) electrons. The Morgan fingerprint density at radius 2 is 1.60 bits per heavy atom. The van der Waals surface area contributed by atoms with Crippen LogP contribution in [0.25, 0.3) is 16.8 Å². The zero-order chi connectivity index (χ0) is 24.9. The third-order valence-corrected chi connectivity index (χ3v) is 6.07. The molecule has 0 aliphatic rings. The van der Waals surface area contributed by atoms with Crippen molar-refractivity contribution in [2.45, 2.75) is 20.8 Å². The normalized spacial score (nSPS) is 10.7. The zero-order valence-electron chi connectivity index (χ0n) is 20.0. The van der Waals surface area contributed by atoms with E-state index in [9.17, 15) is 9.59 Å². The third kappa shape index (κ3) is 5.28. The second kappa shape index (κ2) is 10.6. The number of hydrogen-bond acceptors (Lipinski definition) is 3. The predicted octanol–water partition coefficient (Wildman–Crippen LogP) is 5.91. The molecule has 178 valence electrons. The lowest BCUT2D eigenvalue weighted by molar-refractivity contribution is -0.116. The molecule has 0 fully saturated rings. The molecule has 4 rings (SSSR count). The Morgan fingerprint density at radius 3 is 2.26 bits per heavy atom. The number of hydrogen-bond donors (Lipinski definition) is 1. The van der Waals surface area contributed by atoms with E-state index in [4.69, 9.17) is 16.7 Å². The Balaban J connectivity index is 1.68. The van der Waals surface area contributed by atoms with E-state index in [1.54, 1.807) is 28.9 Å². The van der Waals surface area contributed by atoms with Crippen LogP contribution in [0.1, 0.15) is 28.5 Å². The number of nitrogens with one attached hydrogen (secondary N) is 1. The molecular formula is C28H27ClN4O2. The van der Waals surface area contributed by atoms with E-state index in [0.717, 1.165) is 28.1 Å². The van der Waals surface area contributed by atoms with E-state index in [1.807, 2.05) is 75.4 Å². The minimum Gasteiger partial charge on any atom is -0.330 e. The molecule has 0 atom stereocenters. The third-order valence-electron chi connectivity index (χ3n) is 5.82. The van der Waals surface area contributed by atoms with Gasteiger partial charge in [-0.05, 0) is 62.2 Å². The summed E-state index contributed by atoms with van der Waals surface area (Å²) in [6.45, 7) is 6.07. The number of anilines is 1. The molecule has 0 saturated carbocycles. The summed E-state index contributed by atoms with van der Waals surface area (Å²) < 4.78 is 1.77. The van der Waals surface area contributed by atoms with E-state index in [1.165, 1.54) is 4.90 Å². The van der Waals surface area contributed by atoms with E-state index in [2.05, 4.69) is 5.32 Å². The van der Waals surface area contributed by atoms with Crippen LogP contribution in [0.3, 0.4) is 0 Å². The minimum atomic E-state index is -0.305. The van der Waals surface area contributed by atoms with Gasteiger partial charge in [-0.1, -0.05) is 60.1 Å². The first-order valence-corrected chi connectivity index (χ1v) is 11.8. The second-order valence-electron chi connectivity index (χ2n) is 8.25. The highest BCUT2D eigenvalue weighted by molar-refractivity contribution is 6.30. The van der Waals surface area contributed by atoms with Gasteiger partial charge in [0, 0.05) is 22.7 Å². The van der Waals surface area contributed by atoms with E-state index in [-0.39, 0.29) is 18.4 Å². The van der Waals surface area contributed by atoms with Crippen LogP contribution in [0.2, 0.25) is 5.02 Å². The predicted molar refractivity (Wildman–Crippen MR) is 140 cm³/mol. The molecule has 4 aromatic rings. The van der Waals surface area contributed by atoms with Crippen LogP contribution in [0.5, 0.6) is 0 Å². The average Bonchev–Trinajstić information content (AvgIpc) is 3.18. The standard InChI is InChI=1S/C28H27ClN4O2/c1-4-32(28(35)22-14-16-23(29)17-15-22)18-25(34)30-27-26(21-11-6-5-7-12-21)20(3)31-33(27)24-13-9-8-10-19(24)2/h5-17H,4,18H2,1-3H3,(H,30,34). The summed E-state index contributed by atoms with van der Waals surface area (Å²) in [6.07, 6.45) is 0. The van der Waals surface area contributed by atoms with Gasteiger partial charge in [-0.3, -0.25) is 9.59 Å². The highest BCUT2D eigenvalue weighted by Crippen LogP contribution is 2.34. The fourth-order valence-electron chi connectivity index (χ4n) is 4.02. The number of likely N-dealkylation sites (N-methyl/N-ethyl adjacent to an activating group) is 1. The summed E-state index contributed by atoms with van der Waals surface area (Å²) in [4.78, 5) is 27.8. The largest absolute Gasteiger partial charge is 0.330 e. The van der Waals surface area contributed by atoms with Crippen molar-refractivity contribution in [3.63, 3.8) is 0 Å². The Morgan fingerprint density at radius 1 is 0.943 bits per heavy atom. The SMILES string of the molecule is CCN(CC(=O)Nc1c(-c2ccccc2)c(C)nn1-c1ccccc1C)C(=O)c1ccc(Cl)cc1. The lowest BCUT2D eigenvalue weighted by atomic mass is 10.1. The summed E-state index contributed by atoms with van der Waals surface area (Å²) in [6, 6.07) is 24.4. The number of para-hydroxylation sites is 1. The van der Waals surface area contributed by atoms with Gasteiger partial charge in [0.25, 0.3) is 5.91 Å². The molecule has 0 saturated heterocycles. The second-order valence-corrected chi connectivity index (χ2v) is 8.68. The smallest absolute Gasteiger partial charge is 0.254 e. The average molecular weight is 487 g/mol. The van der Waals surface area contributed by atoms with Crippen LogP contribution in [0.15, 0.2) is 78.9 Å². The molecule has 1 aromatic heterocycles. The van der Waals surface area contributed by atoms with Crippen molar-refractivity contribution in [2.24, 2.45) is 0 Å². The molecule has 7 heteroatoms. The van der Waals surface area contributed by atoms with Crippen molar-refractivity contribution in [1.29, 1.82) is 0 Å². The minimum absolute atomic E-state index is 0.0931. The van der Waals surface area contributed by atoms with Crippen molar-refractivity contribution in [1.82, 2.24) is 14.7 Å². The van der Waals surface area contributed by atoms with Crippen LogP contribution in [0, 0.1) is 13.8 Å². The van der Waals surface area contributed by atoms with Crippen molar-refractivity contribution >= 4 is 29.2 Å². The first-order chi connectivity index (χ1) is 16.9. The first-order valence-electron chi connectivity index (χ1n) is 11.4. The molecule has 0 aliphatic heterocycles. The van der Waals surface area contributed by atoms with Gasteiger partial charge in [0.05, 0.1) is 11.4 Å². The quantitative estimate of drug-likeness (QED) is 0.353. The summed E-state index contributed by atoms with van der Waals surface area (Å²) >= 11 is 5.95. The fourth-order valence-corrected chi connectivity index (χ4v) is 4.14. The van der Waals surface area contributed by atoms with Crippen molar-refractivity contribution in [3.05, 3.63) is 101 Å². The zero-order valence-corrected chi connectivity index (χ0v) is 20.7. The fraction of sp³-hybridized carbons (Fsp3) is 0.179. The van der Waals surface area contributed by atoms with Gasteiger partial charge in [0.1, 0.15) is 12.4 Å². The van der Waals surface area contributed by atoms with Crippen LogP contribution in [-0.2, 0) is 4.79 Å². The van der Waals surface area contributed by atoms with Crippen LogP contribution < -0.4 is 5.32 Å².